The Morgan fingerprint density at radius 1 is 0.938 bits per heavy atom. The molecule has 0 unspecified atom stereocenters. The minimum Gasteiger partial charge on any atom is -0.347 e. The summed E-state index contributed by atoms with van der Waals surface area (Å²) >= 11 is 0. The van der Waals surface area contributed by atoms with E-state index < -0.39 is 15.9 Å². The Hall–Kier alpha value is -3.23. The summed E-state index contributed by atoms with van der Waals surface area (Å²) in [6.07, 6.45) is 1.17. The van der Waals surface area contributed by atoms with Gasteiger partial charge in [0.25, 0.3) is 0 Å². The molecule has 1 saturated heterocycles. The average molecular weight is 452 g/mol. The lowest BCUT2D eigenvalue weighted by Gasteiger charge is -2.31. The summed E-state index contributed by atoms with van der Waals surface area (Å²) < 4.78 is 27.1. The maximum absolute atomic E-state index is 12.9. The third-order valence-electron chi connectivity index (χ3n) is 5.62. The van der Waals surface area contributed by atoms with Crippen LogP contribution in [-0.2, 0) is 19.6 Å². The molecule has 7 nitrogen and oxygen atoms in total. The van der Waals surface area contributed by atoms with Crippen LogP contribution in [0.1, 0.15) is 12.8 Å². The number of fused-ring (bicyclic) bond motifs is 1. The van der Waals surface area contributed by atoms with Crippen molar-refractivity contribution in [3.8, 4) is 0 Å². The molecule has 1 aliphatic heterocycles. The van der Waals surface area contributed by atoms with E-state index >= 15 is 0 Å². The molecule has 1 aliphatic rings. The fraction of sp³-hybridized carbons (Fsp3) is 0.250. The van der Waals surface area contributed by atoms with Gasteiger partial charge in [0.15, 0.2) is 0 Å². The number of hydrogen-bond acceptors (Lipinski definition) is 4. The number of benzene rings is 3. The third-order valence-corrected chi connectivity index (χ3v) is 7.50. The monoisotopic (exact) mass is 451 g/mol. The maximum Gasteiger partial charge on any atom is 0.243 e. The number of anilines is 1. The van der Waals surface area contributed by atoms with Crippen LogP contribution in [0.2, 0.25) is 0 Å². The molecule has 2 amide bonds. The van der Waals surface area contributed by atoms with Gasteiger partial charge in [-0.05, 0) is 36.4 Å². The largest absolute Gasteiger partial charge is 0.347 e. The van der Waals surface area contributed by atoms with Crippen LogP contribution in [0.25, 0.3) is 10.8 Å². The molecule has 2 N–H and O–H groups in total. The number of piperidine rings is 1. The Bertz CT molecular complexity index is 1220. The molecule has 0 saturated carbocycles. The predicted octanol–water partition coefficient (Wildman–Crippen LogP) is 3.00. The molecule has 0 aliphatic carbocycles. The van der Waals surface area contributed by atoms with Crippen LogP contribution in [0.15, 0.2) is 77.7 Å². The summed E-state index contributed by atoms with van der Waals surface area (Å²) in [5, 5.41) is 7.43. The number of nitrogens with one attached hydrogen (secondary N) is 2. The topological polar surface area (TPSA) is 95.6 Å². The highest BCUT2D eigenvalue weighted by molar-refractivity contribution is 7.89. The summed E-state index contributed by atoms with van der Waals surface area (Å²) in [6, 6.07) is 21.6. The molecule has 3 aromatic carbocycles. The summed E-state index contributed by atoms with van der Waals surface area (Å²) in [6.45, 7) is 0.306. The second-order valence-electron chi connectivity index (χ2n) is 7.81. The summed E-state index contributed by atoms with van der Waals surface area (Å²) in [5.74, 6) is -1.14. The second-order valence-corrected chi connectivity index (χ2v) is 9.75. The van der Waals surface area contributed by atoms with Gasteiger partial charge in [-0.15, -0.1) is 0 Å². The van der Waals surface area contributed by atoms with E-state index in [2.05, 4.69) is 10.6 Å². The molecule has 4 rings (SSSR count). The SMILES string of the molecule is O=C(CNC(=O)[C@H]1CCCN(S(=O)(=O)c2ccccc2)C1)Nc1cccc2ccccc12. The zero-order chi connectivity index (χ0) is 22.6. The van der Waals surface area contributed by atoms with Gasteiger partial charge in [0, 0.05) is 24.2 Å². The Morgan fingerprint density at radius 2 is 1.66 bits per heavy atom. The van der Waals surface area contributed by atoms with E-state index in [1.54, 1.807) is 30.3 Å². The zero-order valence-corrected chi connectivity index (χ0v) is 18.3. The molecule has 0 aromatic heterocycles. The van der Waals surface area contributed by atoms with Crippen LogP contribution >= 0.6 is 0 Å². The average Bonchev–Trinajstić information content (AvgIpc) is 2.83. The first-order chi connectivity index (χ1) is 15.4. The predicted molar refractivity (Wildman–Crippen MR) is 124 cm³/mol. The maximum atomic E-state index is 12.9. The molecular formula is C24H25N3O4S. The highest BCUT2D eigenvalue weighted by Crippen LogP contribution is 2.24. The lowest BCUT2D eigenvalue weighted by Crippen LogP contribution is -2.46. The number of nitrogens with zero attached hydrogens (tertiary/aromatic N) is 1. The Balaban J connectivity index is 1.35. The minimum absolute atomic E-state index is 0.105. The standard InChI is InChI=1S/C24H25N3O4S/c28-23(26-22-14-6-9-18-8-4-5-13-21(18)22)16-25-24(29)19-10-7-15-27(17-19)32(30,31)20-11-2-1-3-12-20/h1-6,8-9,11-14,19H,7,10,15-17H2,(H,25,29)(H,26,28)/t19-/m0/s1. The van der Waals surface area contributed by atoms with E-state index in [4.69, 9.17) is 0 Å². The normalized spacial score (nSPS) is 17.1. The van der Waals surface area contributed by atoms with Crippen LogP contribution in [0.3, 0.4) is 0 Å². The zero-order valence-electron chi connectivity index (χ0n) is 17.5. The smallest absolute Gasteiger partial charge is 0.243 e. The highest BCUT2D eigenvalue weighted by Gasteiger charge is 2.33. The van der Waals surface area contributed by atoms with Crippen molar-refractivity contribution in [3.63, 3.8) is 0 Å². The molecule has 3 aromatic rings. The van der Waals surface area contributed by atoms with Gasteiger partial charge in [0.1, 0.15) is 0 Å². The first-order valence-corrected chi connectivity index (χ1v) is 12.0. The van der Waals surface area contributed by atoms with Gasteiger partial charge >= 0.3 is 0 Å². The molecule has 0 bridgehead atoms. The first kappa shape index (κ1) is 22.0. The highest BCUT2D eigenvalue weighted by atomic mass is 32.2. The van der Waals surface area contributed by atoms with Crippen molar-refractivity contribution < 1.29 is 18.0 Å². The van der Waals surface area contributed by atoms with E-state index in [9.17, 15) is 18.0 Å². The Kier molecular flexibility index (Phi) is 6.53. The van der Waals surface area contributed by atoms with Gasteiger partial charge in [-0.3, -0.25) is 9.59 Å². The van der Waals surface area contributed by atoms with Gasteiger partial charge < -0.3 is 10.6 Å². The van der Waals surface area contributed by atoms with Gasteiger partial charge in [-0.2, -0.15) is 4.31 Å². The summed E-state index contributed by atoms with van der Waals surface area (Å²) in [7, 11) is -3.65. The summed E-state index contributed by atoms with van der Waals surface area (Å²) in [5.41, 5.74) is 0.681. The number of amides is 2. The Labute approximate surface area is 187 Å². The van der Waals surface area contributed by atoms with Crippen molar-refractivity contribution >= 4 is 38.3 Å². The second kappa shape index (κ2) is 9.50. The van der Waals surface area contributed by atoms with Gasteiger partial charge in [0.05, 0.1) is 17.4 Å². The quantitative estimate of drug-likeness (QED) is 0.602. The van der Waals surface area contributed by atoms with Crippen molar-refractivity contribution in [3.05, 3.63) is 72.8 Å². The minimum atomic E-state index is -3.65. The van der Waals surface area contributed by atoms with Crippen LogP contribution < -0.4 is 10.6 Å². The van der Waals surface area contributed by atoms with Crippen molar-refractivity contribution in [1.29, 1.82) is 0 Å². The van der Waals surface area contributed by atoms with Gasteiger partial charge in [-0.25, -0.2) is 8.42 Å². The Morgan fingerprint density at radius 3 is 2.47 bits per heavy atom. The molecule has 32 heavy (non-hydrogen) atoms. The van der Waals surface area contributed by atoms with Crippen molar-refractivity contribution in [1.82, 2.24) is 9.62 Å². The van der Waals surface area contributed by atoms with Gasteiger partial charge in [0.2, 0.25) is 21.8 Å². The van der Waals surface area contributed by atoms with Crippen LogP contribution in [0, 0.1) is 5.92 Å². The van der Waals surface area contributed by atoms with Crippen LogP contribution in [-0.4, -0.2) is 44.2 Å². The number of rotatable bonds is 6. The van der Waals surface area contributed by atoms with E-state index in [-0.39, 0.29) is 29.8 Å². The van der Waals surface area contributed by atoms with Crippen molar-refractivity contribution in [2.45, 2.75) is 17.7 Å². The number of carbonyl (C=O) groups excluding carboxylic acids is 2. The number of hydrogen-bond donors (Lipinski definition) is 2. The molecule has 8 heteroatoms. The van der Waals surface area contributed by atoms with E-state index in [1.807, 2.05) is 42.5 Å². The van der Waals surface area contributed by atoms with Gasteiger partial charge in [-0.1, -0.05) is 54.6 Å². The van der Waals surface area contributed by atoms with E-state index in [1.165, 1.54) is 4.31 Å². The molecule has 166 valence electrons. The summed E-state index contributed by atoms with van der Waals surface area (Å²) in [4.78, 5) is 25.3. The van der Waals surface area contributed by atoms with E-state index in [0.717, 1.165) is 10.8 Å². The fourth-order valence-electron chi connectivity index (χ4n) is 3.96. The molecule has 1 heterocycles. The lowest BCUT2D eigenvalue weighted by atomic mass is 9.99. The molecule has 1 fully saturated rings. The van der Waals surface area contributed by atoms with Crippen LogP contribution in [0.5, 0.6) is 0 Å². The van der Waals surface area contributed by atoms with Crippen molar-refractivity contribution in [2.75, 3.05) is 25.0 Å². The van der Waals surface area contributed by atoms with E-state index in [0.29, 0.717) is 25.1 Å². The number of sulfonamides is 1. The first-order valence-electron chi connectivity index (χ1n) is 10.6. The number of carbonyl (C=O) groups is 2. The fourth-order valence-corrected chi connectivity index (χ4v) is 5.50. The molecular weight excluding hydrogens is 426 g/mol. The van der Waals surface area contributed by atoms with Crippen LogP contribution in [0.4, 0.5) is 5.69 Å². The lowest BCUT2D eigenvalue weighted by molar-refractivity contribution is -0.128. The van der Waals surface area contributed by atoms with Crippen molar-refractivity contribution in [2.24, 2.45) is 5.92 Å². The molecule has 1 atom stereocenters. The third kappa shape index (κ3) is 4.81. The molecule has 0 spiro atoms. The molecule has 0 radical (unpaired) electrons.